The highest BCUT2D eigenvalue weighted by atomic mass is 79.9. The average Bonchev–Trinajstić information content (AvgIpc) is 2.66. The van der Waals surface area contributed by atoms with Gasteiger partial charge >= 0.3 is 0 Å². The van der Waals surface area contributed by atoms with E-state index in [-0.39, 0.29) is 0 Å². The fraction of sp³-hybridized carbons (Fsp3) is 0.111. The molecule has 0 saturated carbocycles. The molecule has 15 heavy (non-hydrogen) atoms. The standard InChI is InChI=1S/C9H5Br2ClN2S/c10-5-1-2-6(7(11)3-5)9-14-13-8(4-12)15-9/h1-3H,4H2. The summed E-state index contributed by atoms with van der Waals surface area (Å²) >= 11 is 14.1. The fourth-order valence-corrected chi connectivity index (χ4v) is 3.39. The van der Waals surface area contributed by atoms with Crippen LogP contribution in [0.2, 0.25) is 0 Å². The van der Waals surface area contributed by atoms with Crippen LogP contribution < -0.4 is 0 Å². The molecule has 1 heterocycles. The van der Waals surface area contributed by atoms with E-state index in [2.05, 4.69) is 42.1 Å². The summed E-state index contributed by atoms with van der Waals surface area (Å²) in [6, 6.07) is 5.95. The smallest absolute Gasteiger partial charge is 0.142 e. The minimum atomic E-state index is 0.409. The molecule has 0 saturated heterocycles. The number of aromatic nitrogens is 2. The van der Waals surface area contributed by atoms with E-state index >= 15 is 0 Å². The second-order valence-corrected chi connectivity index (χ2v) is 5.86. The van der Waals surface area contributed by atoms with Crippen LogP contribution in [0.5, 0.6) is 0 Å². The predicted octanol–water partition coefficient (Wildman–Crippen LogP) is 4.47. The first kappa shape index (κ1) is 11.5. The molecule has 0 aliphatic rings. The molecule has 2 aromatic rings. The quantitative estimate of drug-likeness (QED) is 0.731. The Morgan fingerprint density at radius 3 is 2.67 bits per heavy atom. The Bertz CT molecular complexity index is 487. The zero-order valence-electron chi connectivity index (χ0n) is 7.38. The van der Waals surface area contributed by atoms with Crippen molar-refractivity contribution in [3.05, 3.63) is 32.2 Å². The van der Waals surface area contributed by atoms with Crippen molar-refractivity contribution in [1.82, 2.24) is 10.2 Å². The normalized spacial score (nSPS) is 10.6. The minimum Gasteiger partial charge on any atom is -0.142 e. The van der Waals surface area contributed by atoms with Gasteiger partial charge in [0.2, 0.25) is 0 Å². The molecular formula is C9H5Br2ClN2S. The van der Waals surface area contributed by atoms with Crippen molar-refractivity contribution in [2.75, 3.05) is 0 Å². The summed E-state index contributed by atoms with van der Waals surface area (Å²) in [5.74, 6) is 0.409. The molecule has 0 unspecified atom stereocenters. The van der Waals surface area contributed by atoms with Gasteiger partial charge in [0.25, 0.3) is 0 Å². The molecule has 0 spiro atoms. The van der Waals surface area contributed by atoms with E-state index in [0.717, 1.165) is 24.5 Å². The summed E-state index contributed by atoms with van der Waals surface area (Å²) in [6.07, 6.45) is 0. The number of hydrogen-bond donors (Lipinski definition) is 0. The lowest BCUT2D eigenvalue weighted by Crippen LogP contribution is -1.79. The van der Waals surface area contributed by atoms with Crippen molar-refractivity contribution in [1.29, 1.82) is 0 Å². The Labute approximate surface area is 113 Å². The van der Waals surface area contributed by atoms with Gasteiger partial charge in [-0.25, -0.2) is 0 Å². The molecule has 0 radical (unpaired) electrons. The number of nitrogens with zero attached hydrogens (tertiary/aromatic N) is 2. The summed E-state index contributed by atoms with van der Waals surface area (Å²) in [7, 11) is 0. The number of benzene rings is 1. The molecule has 0 aliphatic carbocycles. The van der Waals surface area contributed by atoms with Crippen molar-refractivity contribution in [3.63, 3.8) is 0 Å². The number of halogens is 3. The van der Waals surface area contributed by atoms with Gasteiger partial charge in [0.1, 0.15) is 10.0 Å². The van der Waals surface area contributed by atoms with E-state index in [1.807, 2.05) is 18.2 Å². The third kappa shape index (κ3) is 2.58. The van der Waals surface area contributed by atoms with E-state index in [0.29, 0.717) is 5.88 Å². The van der Waals surface area contributed by atoms with Gasteiger partial charge in [-0.15, -0.1) is 21.8 Å². The summed E-state index contributed by atoms with van der Waals surface area (Å²) in [6.45, 7) is 0. The van der Waals surface area contributed by atoms with Crippen molar-refractivity contribution in [2.45, 2.75) is 5.88 Å². The second-order valence-electron chi connectivity index (χ2n) is 2.76. The molecule has 1 aromatic heterocycles. The van der Waals surface area contributed by atoms with E-state index in [1.54, 1.807) is 0 Å². The molecule has 0 aliphatic heterocycles. The molecule has 2 rings (SSSR count). The highest BCUT2D eigenvalue weighted by molar-refractivity contribution is 9.11. The molecule has 0 bridgehead atoms. The minimum absolute atomic E-state index is 0.409. The Kier molecular flexibility index (Phi) is 3.77. The van der Waals surface area contributed by atoms with Gasteiger partial charge in [-0.1, -0.05) is 43.2 Å². The molecule has 0 fully saturated rings. The third-order valence-electron chi connectivity index (χ3n) is 1.74. The van der Waals surface area contributed by atoms with E-state index in [1.165, 1.54) is 11.3 Å². The van der Waals surface area contributed by atoms with Crippen LogP contribution in [0, 0.1) is 0 Å². The van der Waals surface area contributed by atoms with Gasteiger partial charge in [0.15, 0.2) is 0 Å². The van der Waals surface area contributed by atoms with Crippen LogP contribution >= 0.6 is 54.8 Å². The van der Waals surface area contributed by atoms with Crippen molar-refractivity contribution in [3.8, 4) is 10.6 Å². The zero-order valence-corrected chi connectivity index (χ0v) is 12.1. The third-order valence-corrected chi connectivity index (χ3v) is 4.26. The molecule has 78 valence electrons. The monoisotopic (exact) mass is 366 g/mol. The van der Waals surface area contributed by atoms with Crippen LogP contribution in [0.4, 0.5) is 0 Å². The topological polar surface area (TPSA) is 25.8 Å². The summed E-state index contributed by atoms with van der Waals surface area (Å²) < 4.78 is 2.02. The van der Waals surface area contributed by atoms with Gasteiger partial charge in [-0.3, -0.25) is 0 Å². The number of hydrogen-bond acceptors (Lipinski definition) is 3. The molecule has 0 atom stereocenters. The van der Waals surface area contributed by atoms with E-state index in [4.69, 9.17) is 11.6 Å². The first-order valence-corrected chi connectivity index (χ1v) is 6.98. The lowest BCUT2D eigenvalue weighted by Gasteiger charge is -1.99. The van der Waals surface area contributed by atoms with Gasteiger partial charge in [0, 0.05) is 14.5 Å². The van der Waals surface area contributed by atoms with Crippen LogP contribution in [0.25, 0.3) is 10.6 Å². The van der Waals surface area contributed by atoms with Gasteiger partial charge in [0.05, 0.1) is 5.88 Å². The largest absolute Gasteiger partial charge is 0.148 e. The predicted molar refractivity (Wildman–Crippen MR) is 70.3 cm³/mol. The number of alkyl halides is 1. The summed E-state index contributed by atoms with van der Waals surface area (Å²) in [5.41, 5.74) is 1.03. The zero-order chi connectivity index (χ0) is 10.8. The Morgan fingerprint density at radius 1 is 1.27 bits per heavy atom. The fourth-order valence-electron chi connectivity index (χ4n) is 1.08. The van der Waals surface area contributed by atoms with Crippen LogP contribution in [0.15, 0.2) is 27.1 Å². The van der Waals surface area contributed by atoms with Gasteiger partial charge in [-0.2, -0.15) is 0 Å². The van der Waals surface area contributed by atoms with Gasteiger partial charge in [-0.05, 0) is 18.2 Å². The van der Waals surface area contributed by atoms with Crippen LogP contribution in [-0.4, -0.2) is 10.2 Å². The Morgan fingerprint density at radius 2 is 2.07 bits per heavy atom. The van der Waals surface area contributed by atoms with E-state index < -0.39 is 0 Å². The van der Waals surface area contributed by atoms with Crippen LogP contribution in [-0.2, 0) is 5.88 Å². The Hall–Kier alpha value is 0.0300. The average molecular weight is 368 g/mol. The highest BCUT2D eigenvalue weighted by Gasteiger charge is 2.09. The molecule has 0 amide bonds. The van der Waals surface area contributed by atoms with Crippen LogP contribution in [0.1, 0.15) is 5.01 Å². The lowest BCUT2D eigenvalue weighted by molar-refractivity contribution is 1.04. The summed E-state index contributed by atoms with van der Waals surface area (Å²) in [5, 5.41) is 9.78. The van der Waals surface area contributed by atoms with E-state index in [9.17, 15) is 0 Å². The summed E-state index contributed by atoms with van der Waals surface area (Å²) in [4.78, 5) is 0. The van der Waals surface area contributed by atoms with Crippen molar-refractivity contribution < 1.29 is 0 Å². The highest BCUT2D eigenvalue weighted by Crippen LogP contribution is 2.32. The molecule has 6 heteroatoms. The maximum Gasteiger partial charge on any atom is 0.148 e. The number of rotatable bonds is 2. The SMILES string of the molecule is ClCc1nnc(-c2ccc(Br)cc2Br)s1. The van der Waals surface area contributed by atoms with Crippen molar-refractivity contribution >= 4 is 54.8 Å². The molecular weight excluding hydrogens is 363 g/mol. The first-order valence-electron chi connectivity index (χ1n) is 4.04. The van der Waals surface area contributed by atoms with Crippen molar-refractivity contribution in [2.24, 2.45) is 0 Å². The second kappa shape index (κ2) is 4.91. The maximum atomic E-state index is 5.68. The Balaban J connectivity index is 2.44. The lowest BCUT2D eigenvalue weighted by atomic mass is 10.2. The maximum absolute atomic E-state index is 5.68. The first-order chi connectivity index (χ1) is 7.20. The van der Waals surface area contributed by atoms with Gasteiger partial charge < -0.3 is 0 Å². The molecule has 1 aromatic carbocycles. The molecule has 0 N–H and O–H groups in total. The molecule has 2 nitrogen and oxygen atoms in total. The van der Waals surface area contributed by atoms with Crippen LogP contribution in [0.3, 0.4) is 0 Å².